The van der Waals surface area contributed by atoms with Gasteiger partial charge in [-0.05, 0) is 73.6 Å². The Morgan fingerprint density at radius 1 is 0.385 bits per heavy atom. The van der Waals surface area contributed by atoms with Crippen LogP contribution in [0.2, 0.25) is 0 Å². The van der Waals surface area contributed by atoms with E-state index in [1.54, 1.807) is 0 Å². The molecule has 2 aliphatic rings. The number of benzene rings is 4. The summed E-state index contributed by atoms with van der Waals surface area (Å²) in [5, 5.41) is 0. The summed E-state index contributed by atoms with van der Waals surface area (Å²) >= 11 is 0. The van der Waals surface area contributed by atoms with Gasteiger partial charge in [0.2, 0.25) is 0 Å². The monoisotopic (exact) mass is 706 g/mol. The Labute approximate surface area is 311 Å². The Kier molecular flexibility index (Phi) is 12.2. The zero-order chi connectivity index (χ0) is 36.8. The number of fused-ring (bicyclic) bond motifs is 4. The quantitative estimate of drug-likeness (QED) is 0.109. The highest BCUT2D eigenvalue weighted by Crippen LogP contribution is 2.58. The van der Waals surface area contributed by atoms with Crippen LogP contribution in [0.25, 0.3) is 0 Å². The number of rotatable bonds is 17. The molecule has 0 saturated heterocycles. The van der Waals surface area contributed by atoms with Crippen LogP contribution in [0.4, 0.5) is 0 Å². The van der Waals surface area contributed by atoms with Crippen molar-refractivity contribution < 1.29 is 28.4 Å². The zero-order valence-electron chi connectivity index (χ0n) is 32.5. The van der Waals surface area contributed by atoms with Crippen molar-refractivity contribution in [2.24, 2.45) is 23.7 Å². The molecule has 0 N–H and O–H groups in total. The highest BCUT2D eigenvalue weighted by molar-refractivity contribution is 5.65. The lowest BCUT2D eigenvalue weighted by molar-refractivity contribution is 0.284. The topological polar surface area (TPSA) is 55.4 Å². The molecule has 4 aromatic carbocycles. The van der Waals surface area contributed by atoms with Crippen LogP contribution in [0.1, 0.15) is 115 Å². The van der Waals surface area contributed by atoms with Crippen molar-refractivity contribution in [3.63, 3.8) is 0 Å². The minimum Gasteiger partial charge on any atom is -0.493 e. The number of hydrogen-bond donors (Lipinski definition) is 0. The highest BCUT2D eigenvalue weighted by atomic mass is 16.5. The average molecular weight is 707 g/mol. The van der Waals surface area contributed by atoms with Crippen LogP contribution in [0.5, 0.6) is 46.0 Å². The third kappa shape index (κ3) is 9.18. The predicted octanol–water partition coefficient (Wildman–Crippen LogP) is 12.6. The molecule has 0 unspecified atom stereocenters. The first kappa shape index (κ1) is 37.4. The minimum absolute atomic E-state index is 0.0741. The van der Waals surface area contributed by atoms with Gasteiger partial charge in [-0.2, -0.15) is 0 Å². The fraction of sp³-hybridized carbons (Fsp3) is 0.478. The van der Waals surface area contributed by atoms with Gasteiger partial charge in [-0.1, -0.05) is 79.7 Å². The van der Waals surface area contributed by atoms with Gasteiger partial charge in [-0.15, -0.1) is 0 Å². The zero-order valence-corrected chi connectivity index (χ0v) is 32.5. The standard InChI is InChI=1S/C46H58O6/c1-29(2)17-21-47-33-9-13-37-41(25-33)51-42-26-34(48-22-18-30(3)4)10-14-38(42)45(37)46-39-15-11-35(49-23-19-31(5)6)27-43(39)52-44-28-36(12-16-40(44)46)50-24-20-32(7)8/h9-16,25-32,45-46H,17-24H2,1-8H3. The van der Waals surface area contributed by atoms with Gasteiger partial charge in [0, 0.05) is 58.4 Å². The lowest BCUT2D eigenvalue weighted by Gasteiger charge is -2.38. The molecule has 0 radical (unpaired) electrons. The molecule has 0 amide bonds. The summed E-state index contributed by atoms with van der Waals surface area (Å²) in [5.41, 5.74) is 4.43. The van der Waals surface area contributed by atoms with E-state index in [1.165, 1.54) is 0 Å². The molecule has 0 aromatic heterocycles. The van der Waals surface area contributed by atoms with Gasteiger partial charge in [0.15, 0.2) is 0 Å². The Bertz CT molecular complexity index is 1530. The molecular weight excluding hydrogens is 649 g/mol. The van der Waals surface area contributed by atoms with Crippen LogP contribution in [0.3, 0.4) is 0 Å². The molecule has 52 heavy (non-hydrogen) atoms. The second-order valence-corrected chi connectivity index (χ2v) is 16.1. The van der Waals surface area contributed by atoms with Crippen LogP contribution in [-0.2, 0) is 0 Å². The van der Waals surface area contributed by atoms with Gasteiger partial charge >= 0.3 is 0 Å². The van der Waals surface area contributed by atoms with E-state index in [-0.39, 0.29) is 11.8 Å². The molecule has 0 saturated carbocycles. The van der Waals surface area contributed by atoms with Crippen molar-refractivity contribution >= 4 is 0 Å². The molecule has 6 rings (SSSR count). The third-order valence-electron chi connectivity index (χ3n) is 9.91. The molecule has 0 aliphatic carbocycles. The molecule has 0 fully saturated rings. The summed E-state index contributed by atoms with van der Waals surface area (Å²) < 4.78 is 38.4. The van der Waals surface area contributed by atoms with Crippen LogP contribution >= 0.6 is 0 Å². The molecule has 0 atom stereocenters. The largest absolute Gasteiger partial charge is 0.493 e. The van der Waals surface area contributed by atoms with Crippen molar-refractivity contribution in [3.8, 4) is 46.0 Å². The van der Waals surface area contributed by atoms with E-state index in [1.807, 2.05) is 0 Å². The fourth-order valence-corrected chi connectivity index (χ4v) is 6.74. The lowest BCUT2D eigenvalue weighted by Crippen LogP contribution is -2.22. The first-order valence-electron chi connectivity index (χ1n) is 19.5. The van der Waals surface area contributed by atoms with Gasteiger partial charge < -0.3 is 28.4 Å². The summed E-state index contributed by atoms with van der Waals surface area (Å²) in [6, 6.07) is 25.3. The van der Waals surface area contributed by atoms with Gasteiger partial charge in [0.05, 0.1) is 26.4 Å². The van der Waals surface area contributed by atoms with Crippen molar-refractivity contribution in [1.82, 2.24) is 0 Å². The molecule has 6 heteroatoms. The Morgan fingerprint density at radius 2 is 0.615 bits per heavy atom. The first-order valence-corrected chi connectivity index (χ1v) is 19.5. The number of ether oxygens (including phenoxy) is 6. The normalized spacial score (nSPS) is 13.7. The minimum atomic E-state index is -0.0741. The molecule has 2 aliphatic heterocycles. The predicted molar refractivity (Wildman–Crippen MR) is 209 cm³/mol. The first-order chi connectivity index (χ1) is 25.0. The van der Waals surface area contributed by atoms with Gasteiger partial charge in [0.1, 0.15) is 46.0 Å². The maximum absolute atomic E-state index is 6.74. The molecule has 2 heterocycles. The average Bonchev–Trinajstić information content (AvgIpc) is 3.09. The fourth-order valence-electron chi connectivity index (χ4n) is 6.74. The van der Waals surface area contributed by atoms with E-state index < -0.39 is 0 Å². The highest BCUT2D eigenvalue weighted by Gasteiger charge is 2.40. The Balaban J connectivity index is 1.44. The molecule has 278 valence electrons. The van der Waals surface area contributed by atoms with E-state index >= 15 is 0 Å². The van der Waals surface area contributed by atoms with Crippen LogP contribution in [0, 0.1) is 23.7 Å². The maximum atomic E-state index is 6.74. The van der Waals surface area contributed by atoms with Gasteiger partial charge in [-0.25, -0.2) is 0 Å². The van der Waals surface area contributed by atoms with Crippen molar-refractivity contribution in [3.05, 3.63) is 95.1 Å². The molecule has 4 aromatic rings. The summed E-state index contributed by atoms with van der Waals surface area (Å²) in [6.07, 6.45) is 3.95. The molecule has 6 nitrogen and oxygen atoms in total. The number of hydrogen-bond acceptors (Lipinski definition) is 6. The van der Waals surface area contributed by atoms with Crippen LogP contribution in [-0.4, -0.2) is 26.4 Å². The summed E-state index contributed by atoms with van der Waals surface area (Å²) in [7, 11) is 0. The van der Waals surface area contributed by atoms with E-state index in [2.05, 4.69) is 128 Å². The van der Waals surface area contributed by atoms with Crippen molar-refractivity contribution in [2.45, 2.75) is 92.9 Å². The van der Waals surface area contributed by atoms with E-state index in [0.29, 0.717) is 50.1 Å². The van der Waals surface area contributed by atoms with Crippen molar-refractivity contribution in [2.75, 3.05) is 26.4 Å². The summed E-state index contributed by atoms with van der Waals surface area (Å²) in [6.45, 7) is 20.4. The second-order valence-electron chi connectivity index (χ2n) is 16.1. The van der Waals surface area contributed by atoms with Gasteiger partial charge in [0.25, 0.3) is 0 Å². The van der Waals surface area contributed by atoms with Gasteiger partial charge in [-0.3, -0.25) is 0 Å². The maximum Gasteiger partial charge on any atom is 0.134 e. The van der Waals surface area contributed by atoms with Crippen LogP contribution < -0.4 is 28.4 Å². The Hall–Kier alpha value is -4.32. The van der Waals surface area contributed by atoms with E-state index in [0.717, 1.165) is 93.9 Å². The van der Waals surface area contributed by atoms with E-state index in [4.69, 9.17) is 28.4 Å². The second kappa shape index (κ2) is 17.0. The Morgan fingerprint density at radius 3 is 0.827 bits per heavy atom. The van der Waals surface area contributed by atoms with E-state index in [9.17, 15) is 0 Å². The van der Waals surface area contributed by atoms with Crippen LogP contribution in [0.15, 0.2) is 72.8 Å². The molecule has 0 spiro atoms. The summed E-state index contributed by atoms with van der Waals surface area (Å²) in [5.74, 6) is 8.56. The van der Waals surface area contributed by atoms with Crippen molar-refractivity contribution in [1.29, 1.82) is 0 Å². The summed E-state index contributed by atoms with van der Waals surface area (Å²) in [4.78, 5) is 0. The molecular formula is C46H58O6. The lowest BCUT2D eigenvalue weighted by atomic mass is 9.71. The third-order valence-corrected chi connectivity index (χ3v) is 9.91. The SMILES string of the molecule is CC(C)CCOc1ccc2c(c1)Oc1cc(OCCC(C)C)ccc1C2C1c2ccc(OCCC(C)C)cc2Oc2cc(OCCC(C)C)ccc21. The molecule has 0 bridgehead atoms. The smallest absolute Gasteiger partial charge is 0.134 e.